The molecule has 1 aromatic rings. The highest BCUT2D eigenvalue weighted by molar-refractivity contribution is 5.93. The molecule has 1 aromatic carbocycles. The Balaban J connectivity index is 2.67. The summed E-state index contributed by atoms with van der Waals surface area (Å²) in [7, 11) is 0. The van der Waals surface area contributed by atoms with Crippen molar-refractivity contribution in [3.05, 3.63) is 30.3 Å². The maximum atomic E-state index is 5.48. The van der Waals surface area contributed by atoms with Gasteiger partial charge in [0, 0.05) is 12.2 Å². The second-order valence-electron chi connectivity index (χ2n) is 5.44. The molecule has 4 heteroatoms. The predicted molar refractivity (Wildman–Crippen MR) is 78.3 cm³/mol. The first kappa shape index (κ1) is 14.5. The number of hydrogen-bond donors (Lipinski definition) is 3. The monoisotopic (exact) mass is 248 g/mol. The number of guanidine groups is 1. The van der Waals surface area contributed by atoms with Gasteiger partial charge < -0.3 is 5.32 Å². The molecule has 0 unspecified atom stereocenters. The Morgan fingerprint density at radius 1 is 1.28 bits per heavy atom. The maximum Gasteiger partial charge on any atom is 0.210 e. The number of nitrogens with zero attached hydrogens (tertiary/aromatic N) is 1. The van der Waals surface area contributed by atoms with Gasteiger partial charge in [-0.1, -0.05) is 45.9 Å². The summed E-state index contributed by atoms with van der Waals surface area (Å²) >= 11 is 0. The minimum absolute atomic E-state index is 0.153. The molecule has 0 bridgehead atoms. The Bertz CT molecular complexity index is 382. The minimum atomic E-state index is 0.153. The molecule has 0 radical (unpaired) electrons. The summed E-state index contributed by atoms with van der Waals surface area (Å²) in [4.78, 5) is 4.50. The predicted octanol–water partition coefficient (Wildman–Crippen LogP) is 2.60. The third-order valence-corrected chi connectivity index (χ3v) is 3.38. The molecule has 18 heavy (non-hydrogen) atoms. The van der Waals surface area contributed by atoms with Gasteiger partial charge in [0.1, 0.15) is 0 Å². The smallest absolute Gasteiger partial charge is 0.210 e. The van der Waals surface area contributed by atoms with Gasteiger partial charge in [0.25, 0.3) is 0 Å². The first-order valence-corrected chi connectivity index (χ1v) is 6.29. The van der Waals surface area contributed by atoms with Crippen molar-refractivity contribution < 1.29 is 0 Å². The van der Waals surface area contributed by atoms with E-state index >= 15 is 0 Å². The van der Waals surface area contributed by atoms with Gasteiger partial charge in [0.15, 0.2) is 0 Å². The minimum Gasteiger partial charge on any atom is -0.325 e. The zero-order valence-corrected chi connectivity index (χ0v) is 11.7. The van der Waals surface area contributed by atoms with Crippen molar-refractivity contribution in [2.24, 2.45) is 22.2 Å². The molecular weight excluding hydrogens is 224 g/mol. The molecule has 0 spiro atoms. The molecule has 0 aromatic heterocycles. The van der Waals surface area contributed by atoms with Crippen LogP contribution in [0, 0.1) is 11.3 Å². The molecule has 0 amide bonds. The lowest BCUT2D eigenvalue weighted by Crippen LogP contribution is -2.37. The summed E-state index contributed by atoms with van der Waals surface area (Å²) in [5, 5.41) is 3.15. The second-order valence-corrected chi connectivity index (χ2v) is 5.44. The highest BCUT2D eigenvalue weighted by atomic mass is 15.3. The fourth-order valence-electron chi connectivity index (χ4n) is 1.24. The Hall–Kier alpha value is -1.55. The van der Waals surface area contributed by atoms with Crippen LogP contribution >= 0.6 is 0 Å². The Kier molecular flexibility index (Phi) is 5.16. The zero-order valence-electron chi connectivity index (χ0n) is 11.7. The summed E-state index contributed by atoms with van der Waals surface area (Å²) in [6, 6.07) is 9.85. The summed E-state index contributed by atoms with van der Waals surface area (Å²) in [5.74, 6) is 6.64. The molecular formula is C14H24N4. The maximum absolute atomic E-state index is 5.48. The van der Waals surface area contributed by atoms with Crippen molar-refractivity contribution in [2.75, 3.05) is 11.9 Å². The van der Waals surface area contributed by atoms with Crippen LogP contribution in [0.5, 0.6) is 0 Å². The number of hydrazine groups is 1. The standard InChI is InChI=1S/C14H24N4/c1-11(2)14(3,4)10-16-13(18-15)17-12-8-6-5-7-9-12/h5-9,11H,10,15H2,1-4H3,(H2,16,17,18). The lowest BCUT2D eigenvalue weighted by molar-refractivity contribution is 0.262. The van der Waals surface area contributed by atoms with Crippen LogP contribution < -0.4 is 16.6 Å². The number of aliphatic imine (C=N–C) groups is 1. The Morgan fingerprint density at radius 2 is 1.89 bits per heavy atom. The molecule has 0 saturated heterocycles. The molecule has 0 aliphatic rings. The van der Waals surface area contributed by atoms with E-state index in [0.717, 1.165) is 12.2 Å². The molecule has 100 valence electrons. The molecule has 0 heterocycles. The van der Waals surface area contributed by atoms with E-state index < -0.39 is 0 Å². The summed E-state index contributed by atoms with van der Waals surface area (Å²) in [6.45, 7) is 9.55. The van der Waals surface area contributed by atoms with Crippen LogP contribution in [-0.4, -0.2) is 12.5 Å². The number of nitrogens with two attached hydrogens (primary N) is 1. The first-order chi connectivity index (χ1) is 8.45. The molecule has 0 aliphatic heterocycles. The van der Waals surface area contributed by atoms with Crippen molar-refractivity contribution >= 4 is 11.6 Å². The van der Waals surface area contributed by atoms with Crippen LogP contribution in [0.25, 0.3) is 0 Å². The average Bonchev–Trinajstić information content (AvgIpc) is 2.35. The quantitative estimate of drug-likeness (QED) is 0.332. The summed E-state index contributed by atoms with van der Waals surface area (Å²) in [5.41, 5.74) is 3.72. The van der Waals surface area contributed by atoms with E-state index in [-0.39, 0.29) is 5.41 Å². The van der Waals surface area contributed by atoms with Gasteiger partial charge >= 0.3 is 0 Å². The van der Waals surface area contributed by atoms with E-state index in [9.17, 15) is 0 Å². The van der Waals surface area contributed by atoms with E-state index in [4.69, 9.17) is 5.84 Å². The second kappa shape index (κ2) is 6.40. The number of anilines is 1. The number of hydrogen-bond acceptors (Lipinski definition) is 2. The van der Waals surface area contributed by atoms with Crippen LogP contribution in [0.3, 0.4) is 0 Å². The fraction of sp³-hybridized carbons (Fsp3) is 0.500. The van der Waals surface area contributed by atoms with Crippen molar-refractivity contribution in [2.45, 2.75) is 27.7 Å². The number of para-hydroxylation sites is 1. The van der Waals surface area contributed by atoms with Gasteiger partial charge in [-0.25, -0.2) is 5.84 Å². The van der Waals surface area contributed by atoms with E-state index in [0.29, 0.717) is 11.9 Å². The number of nitrogens with one attached hydrogen (secondary N) is 2. The SMILES string of the molecule is CC(C)C(C)(C)CN=C(NN)Nc1ccccc1. The molecule has 0 fully saturated rings. The molecule has 0 atom stereocenters. The van der Waals surface area contributed by atoms with Crippen LogP contribution in [0.2, 0.25) is 0 Å². The van der Waals surface area contributed by atoms with Crippen molar-refractivity contribution in [1.29, 1.82) is 0 Å². The molecule has 4 N–H and O–H groups in total. The van der Waals surface area contributed by atoms with Crippen molar-refractivity contribution in [1.82, 2.24) is 5.43 Å². The lowest BCUT2D eigenvalue weighted by atomic mass is 9.81. The zero-order chi connectivity index (χ0) is 13.6. The van der Waals surface area contributed by atoms with Gasteiger partial charge in [-0.15, -0.1) is 0 Å². The van der Waals surface area contributed by atoms with Gasteiger partial charge in [-0.3, -0.25) is 10.4 Å². The van der Waals surface area contributed by atoms with Crippen LogP contribution in [0.4, 0.5) is 5.69 Å². The number of benzene rings is 1. The third-order valence-electron chi connectivity index (χ3n) is 3.38. The third kappa shape index (κ3) is 4.37. The van der Waals surface area contributed by atoms with Crippen molar-refractivity contribution in [3.8, 4) is 0 Å². The summed E-state index contributed by atoms with van der Waals surface area (Å²) in [6.07, 6.45) is 0. The van der Waals surface area contributed by atoms with Crippen LogP contribution in [-0.2, 0) is 0 Å². The molecule has 1 rings (SSSR count). The molecule has 0 aliphatic carbocycles. The molecule has 0 saturated carbocycles. The van der Waals surface area contributed by atoms with Crippen LogP contribution in [0.15, 0.2) is 35.3 Å². The lowest BCUT2D eigenvalue weighted by Gasteiger charge is -2.27. The normalized spacial score (nSPS) is 12.7. The largest absolute Gasteiger partial charge is 0.325 e. The highest BCUT2D eigenvalue weighted by Crippen LogP contribution is 2.26. The Morgan fingerprint density at radius 3 is 2.39 bits per heavy atom. The average molecular weight is 248 g/mol. The summed E-state index contributed by atoms with van der Waals surface area (Å²) < 4.78 is 0. The van der Waals surface area contributed by atoms with Gasteiger partial charge in [0.2, 0.25) is 5.96 Å². The topological polar surface area (TPSA) is 62.4 Å². The first-order valence-electron chi connectivity index (χ1n) is 6.29. The van der Waals surface area contributed by atoms with E-state index in [1.54, 1.807) is 0 Å². The fourth-order valence-corrected chi connectivity index (χ4v) is 1.24. The highest BCUT2D eigenvalue weighted by Gasteiger charge is 2.21. The van der Waals surface area contributed by atoms with Gasteiger partial charge in [0.05, 0.1) is 0 Å². The molecule has 4 nitrogen and oxygen atoms in total. The van der Waals surface area contributed by atoms with E-state index in [1.165, 1.54) is 0 Å². The Labute approximate surface area is 110 Å². The van der Waals surface area contributed by atoms with Gasteiger partial charge in [-0.2, -0.15) is 0 Å². The number of rotatable bonds is 4. The van der Waals surface area contributed by atoms with E-state index in [2.05, 4.69) is 43.4 Å². The van der Waals surface area contributed by atoms with Crippen molar-refractivity contribution in [3.63, 3.8) is 0 Å². The van der Waals surface area contributed by atoms with E-state index in [1.807, 2.05) is 30.3 Å². The van der Waals surface area contributed by atoms with Crippen LogP contribution in [0.1, 0.15) is 27.7 Å². The van der Waals surface area contributed by atoms with Gasteiger partial charge in [-0.05, 0) is 23.5 Å².